The molecule has 0 radical (unpaired) electrons. The van der Waals surface area contributed by atoms with Crippen molar-refractivity contribution in [3.63, 3.8) is 0 Å². The molecule has 2 rings (SSSR count). The van der Waals surface area contributed by atoms with Crippen molar-refractivity contribution in [2.45, 2.75) is 6.92 Å². The lowest BCUT2D eigenvalue weighted by molar-refractivity contribution is 1.08. The number of aromatic nitrogens is 4. The molecule has 78 valence electrons. The molecule has 0 atom stereocenters. The third kappa shape index (κ3) is 1.96. The van der Waals surface area contributed by atoms with E-state index in [0.717, 1.165) is 11.4 Å². The molecule has 7 nitrogen and oxygen atoms in total. The summed E-state index contributed by atoms with van der Waals surface area (Å²) in [5.74, 6) is 0.527. The number of hydrogen-bond donors (Lipinski definition) is 4. The number of nitrogens with two attached hydrogens (primary N) is 2. The van der Waals surface area contributed by atoms with Gasteiger partial charge in [-0.05, 0) is 13.0 Å². The standard InChI is InChI=1S/C8H11N7/c1-4-5(2-3-11-4)12-8-14-6(9)13-7(10)15-8/h2-3,11H,1H3,(H5,9,10,12,13,14,15). The number of aromatic amines is 1. The molecule has 2 heterocycles. The zero-order chi connectivity index (χ0) is 10.8. The normalized spacial score (nSPS) is 10.2. The molecule has 0 aliphatic rings. The van der Waals surface area contributed by atoms with Gasteiger partial charge in [0.05, 0.1) is 5.69 Å². The third-order valence-corrected chi connectivity index (χ3v) is 1.87. The van der Waals surface area contributed by atoms with E-state index in [1.54, 1.807) is 0 Å². The van der Waals surface area contributed by atoms with Crippen LogP contribution in [-0.2, 0) is 0 Å². The van der Waals surface area contributed by atoms with E-state index in [2.05, 4.69) is 25.3 Å². The van der Waals surface area contributed by atoms with Crippen molar-refractivity contribution in [2.24, 2.45) is 0 Å². The van der Waals surface area contributed by atoms with Crippen molar-refractivity contribution < 1.29 is 0 Å². The number of nitrogens with one attached hydrogen (secondary N) is 2. The second kappa shape index (κ2) is 3.45. The van der Waals surface area contributed by atoms with Crippen LogP contribution in [0.1, 0.15) is 5.69 Å². The van der Waals surface area contributed by atoms with Gasteiger partial charge in [0.25, 0.3) is 0 Å². The van der Waals surface area contributed by atoms with Gasteiger partial charge in [-0.25, -0.2) is 0 Å². The molecule has 6 N–H and O–H groups in total. The molecule has 0 amide bonds. The van der Waals surface area contributed by atoms with E-state index in [0.29, 0.717) is 5.95 Å². The van der Waals surface area contributed by atoms with Crippen LogP contribution in [0, 0.1) is 6.92 Å². The molecule has 0 spiro atoms. The lowest BCUT2D eigenvalue weighted by Gasteiger charge is -2.04. The number of rotatable bonds is 2. The highest BCUT2D eigenvalue weighted by Gasteiger charge is 2.04. The second-order valence-electron chi connectivity index (χ2n) is 3.02. The highest BCUT2D eigenvalue weighted by Crippen LogP contribution is 2.16. The number of hydrogen-bond acceptors (Lipinski definition) is 6. The minimum absolute atomic E-state index is 0.0955. The molecule has 0 aliphatic heterocycles. The van der Waals surface area contributed by atoms with Crippen LogP contribution in [0.4, 0.5) is 23.5 Å². The maximum atomic E-state index is 5.44. The molecular formula is C8H11N7. The Morgan fingerprint density at radius 3 is 2.40 bits per heavy atom. The van der Waals surface area contributed by atoms with Gasteiger partial charge in [0.2, 0.25) is 17.8 Å². The Bertz CT molecular complexity index is 455. The van der Waals surface area contributed by atoms with Crippen molar-refractivity contribution in [3.8, 4) is 0 Å². The average Bonchev–Trinajstić information content (AvgIpc) is 2.50. The Balaban J connectivity index is 2.28. The van der Waals surface area contributed by atoms with Crippen LogP contribution >= 0.6 is 0 Å². The lowest BCUT2D eigenvalue weighted by atomic mass is 10.4. The summed E-state index contributed by atoms with van der Waals surface area (Å²) >= 11 is 0. The van der Waals surface area contributed by atoms with Crippen LogP contribution in [-0.4, -0.2) is 19.9 Å². The largest absolute Gasteiger partial charge is 0.368 e. The topological polar surface area (TPSA) is 119 Å². The summed E-state index contributed by atoms with van der Waals surface area (Å²) in [6, 6.07) is 1.87. The first-order chi connectivity index (χ1) is 7.15. The van der Waals surface area contributed by atoms with E-state index in [1.165, 1.54) is 0 Å². The number of H-pyrrole nitrogens is 1. The Morgan fingerprint density at radius 1 is 1.20 bits per heavy atom. The summed E-state index contributed by atoms with van der Waals surface area (Å²) in [6.45, 7) is 1.93. The molecule has 0 saturated carbocycles. The van der Waals surface area contributed by atoms with Gasteiger partial charge in [-0.3, -0.25) is 0 Å². The van der Waals surface area contributed by atoms with Gasteiger partial charge in [0.1, 0.15) is 0 Å². The number of nitrogens with zero attached hydrogens (tertiary/aromatic N) is 3. The molecule has 2 aromatic rings. The second-order valence-corrected chi connectivity index (χ2v) is 3.02. The van der Waals surface area contributed by atoms with Gasteiger partial charge in [-0.2, -0.15) is 15.0 Å². The molecule has 15 heavy (non-hydrogen) atoms. The van der Waals surface area contributed by atoms with Crippen LogP contribution < -0.4 is 16.8 Å². The summed E-state index contributed by atoms with van der Waals surface area (Å²) < 4.78 is 0. The first-order valence-electron chi connectivity index (χ1n) is 4.33. The smallest absolute Gasteiger partial charge is 0.233 e. The summed E-state index contributed by atoms with van der Waals surface area (Å²) in [7, 11) is 0. The molecule has 0 aromatic carbocycles. The Labute approximate surface area is 86.0 Å². The molecule has 0 unspecified atom stereocenters. The Hall–Kier alpha value is -2.31. The van der Waals surface area contributed by atoms with Crippen LogP contribution in [0.5, 0.6) is 0 Å². The zero-order valence-electron chi connectivity index (χ0n) is 8.15. The fraction of sp³-hybridized carbons (Fsp3) is 0.125. The lowest BCUT2D eigenvalue weighted by Crippen LogP contribution is -2.06. The van der Waals surface area contributed by atoms with E-state index >= 15 is 0 Å². The fourth-order valence-corrected chi connectivity index (χ4v) is 1.17. The minimum Gasteiger partial charge on any atom is -0.368 e. The van der Waals surface area contributed by atoms with Crippen molar-refractivity contribution in [1.82, 2.24) is 19.9 Å². The van der Waals surface area contributed by atoms with Crippen LogP contribution in [0.15, 0.2) is 12.3 Å². The molecular weight excluding hydrogens is 194 g/mol. The van der Waals surface area contributed by atoms with Crippen LogP contribution in [0.25, 0.3) is 0 Å². The number of nitrogen functional groups attached to an aromatic ring is 2. The number of aryl methyl sites for hydroxylation is 1. The number of anilines is 4. The summed E-state index contributed by atoms with van der Waals surface area (Å²) in [5.41, 5.74) is 12.7. The van der Waals surface area contributed by atoms with E-state index in [-0.39, 0.29) is 11.9 Å². The first-order valence-corrected chi connectivity index (χ1v) is 4.33. The summed E-state index contributed by atoms with van der Waals surface area (Å²) in [4.78, 5) is 14.5. The van der Waals surface area contributed by atoms with Gasteiger partial charge in [0.15, 0.2) is 0 Å². The third-order valence-electron chi connectivity index (χ3n) is 1.87. The van der Waals surface area contributed by atoms with Gasteiger partial charge < -0.3 is 21.8 Å². The van der Waals surface area contributed by atoms with Crippen molar-refractivity contribution in [3.05, 3.63) is 18.0 Å². The van der Waals surface area contributed by atoms with Gasteiger partial charge in [0, 0.05) is 11.9 Å². The van der Waals surface area contributed by atoms with Crippen molar-refractivity contribution in [1.29, 1.82) is 0 Å². The molecule has 0 bridgehead atoms. The Kier molecular flexibility index (Phi) is 2.13. The highest BCUT2D eigenvalue weighted by molar-refractivity contribution is 5.57. The summed E-state index contributed by atoms with van der Waals surface area (Å²) in [6.07, 6.45) is 1.81. The molecule has 7 heteroatoms. The molecule has 0 saturated heterocycles. The van der Waals surface area contributed by atoms with Crippen molar-refractivity contribution in [2.75, 3.05) is 16.8 Å². The first kappa shape index (κ1) is 9.25. The van der Waals surface area contributed by atoms with Crippen molar-refractivity contribution >= 4 is 23.5 Å². The van der Waals surface area contributed by atoms with Gasteiger partial charge >= 0.3 is 0 Å². The minimum atomic E-state index is 0.0955. The van der Waals surface area contributed by atoms with Crippen LogP contribution in [0.3, 0.4) is 0 Å². The van der Waals surface area contributed by atoms with Crippen LogP contribution in [0.2, 0.25) is 0 Å². The highest BCUT2D eigenvalue weighted by atomic mass is 15.2. The summed E-state index contributed by atoms with van der Waals surface area (Å²) in [5, 5.41) is 2.98. The van der Waals surface area contributed by atoms with E-state index < -0.39 is 0 Å². The predicted molar refractivity (Wildman–Crippen MR) is 57.5 cm³/mol. The maximum Gasteiger partial charge on any atom is 0.233 e. The molecule has 0 aliphatic carbocycles. The zero-order valence-corrected chi connectivity index (χ0v) is 8.15. The fourth-order valence-electron chi connectivity index (χ4n) is 1.17. The van der Waals surface area contributed by atoms with Gasteiger partial charge in [-0.15, -0.1) is 0 Å². The van der Waals surface area contributed by atoms with E-state index in [9.17, 15) is 0 Å². The quantitative estimate of drug-likeness (QED) is 0.564. The van der Waals surface area contributed by atoms with E-state index in [1.807, 2.05) is 19.2 Å². The molecule has 2 aromatic heterocycles. The SMILES string of the molecule is Cc1[nH]ccc1Nc1nc(N)nc(N)n1. The monoisotopic (exact) mass is 205 g/mol. The van der Waals surface area contributed by atoms with Gasteiger partial charge in [-0.1, -0.05) is 0 Å². The maximum absolute atomic E-state index is 5.44. The Morgan fingerprint density at radius 2 is 1.87 bits per heavy atom. The predicted octanol–water partition coefficient (Wildman–Crippen LogP) is 0.416. The molecule has 0 fully saturated rings. The average molecular weight is 205 g/mol. The van der Waals surface area contributed by atoms with E-state index in [4.69, 9.17) is 11.5 Å².